The second kappa shape index (κ2) is 10.6. The van der Waals surface area contributed by atoms with Gasteiger partial charge in [0.25, 0.3) is 11.8 Å². The summed E-state index contributed by atoms with van der Waals surface area (Å²) in [6.45, 7) is 2.98. The minimum atomic E-state index is -4.56. The van der Waals surface area contributed by atoms with Crippen molar-refractivity contribution in [3.05, 3.63) is 70.9 Å². The largest absolute Gasteiger partial charge is 0.416 e. The summed E-state index contributed by atoms with van der Waals surface area (Å²) in [5.41, 5.74) is 0.0911. The monoisotopic (exact) mass is 543 g/mol. The summed E-state index contributed by atoms with van der Waals surface area (Å²) < 4.78 is 39.5. The van der Waals surface area contributed by atoms with E-state index in [2.05, 4.69) is 21.3 Å². The number of aryl methyl sites for hydroxylation is 1. The fourth-order valence-electron chi connectivity index (χ4n) is 4.29. The predicted octanol–water partition coefficient (Wildman–Crippen LogP) is 3.37. The lowest BCUT2D eigenvalue weighted by Crippen LogP contribution is -2.54. The first-order valence-electron chi connectivity index (χ1n) is 11.9. The van der Waals surface area contributed by atoms with Crippen LogP contribution in [-0.2, 0) is 25.4 Å². The molecule has 2 aromatic carbocycles. The number of rotatable bonds is 6. The average Bonchev–Trinajstić information content (AvgIpc) is 3.12. The maximum atomic E-state index is 13.2. The van der Waals surface area contributed by atoms with Crippen molar-refractivity contribution in [1.82, 2.24) is 15.5 Å². The topological polar surface area (TPSA) is 137 Å². The lowest BCUT2D eigenvalue weighted by atomic mass is 10.0. The predicted molar refractivity (Wildman–Crippen MR) is 133 cm³/mol. The van der Waals surface area contributed by atoms with Gasteiger partial charge in [0.2, 0.25) is 11.8 Å². The molecule has 0 aliphatic carbocycles. The van der Waals surface area contributed by atoms with E-state index in [1.165, 1.54) is 19.1 Å². The number of imide groups is 2. The van der Waals surface area contributed by atoms with Gasteiger partial charge in [-0.25, -0.2) is 4.79 Å². The van der Waals surface area contributed by atoms with Crippen molar-refractivity contribution in [2.45, 2.75) is 44.9 Å². The number of carbonyl (C=O) groups excluding carboxylic acids is 5. The summed E-state index contributed by atoms with van der Waals surface area (Å²) in [6.07, 6.45) is -3.46. The molecule has 0 bridgehead atoms. The van der Waals surface area contributed by atoms with Gasteiger partial charge in [-0.1, -0.05) is 18.2 Å². The van der Waals surface area contributed by atoms with E-state index >= 15 is 0 Å². The maximum absolute atomic E-state index is 13.2. The number of benzene rings is 2. The smallest absolute Gasteiger partial charge is 0.351 e. The number of anilines is 2. The quantitative estimate of drug-likeness (QED) is 0.413. The molecule has 39 heavy (non-hydrogen) atoms. The van der Waals surface area contributed by atoms with Crippen LogP contribution >= 0.6 is 0 Å². The molecule has 1 fully saturated rings. The van der Waals surface area contributed by atoms with Crippen molar-refractivity contribution in [3.63, 3.8) is 0 Å². The van der Waals surface area contributed by atoms with Crippen LogP contribution in [0, 0.1) is 6.92 Å². The molecule has 13 heteroatoms. The molecular formula is C26H24F3N5O5. The van der Waals surface area contributed by atoms with Gasteiger partial charge in [-0.3, -0.25) is 29.4 Å². The number of nitrogens with zero attached hydrogens (tertiary/aromatic N) is 1. The lowest BCUT2D eigenvalue weighted by molar-refractivity contribution is -0.149. The summed E-state index contributed by atoms with van der Waals surface area (Å²) in [5.74, 6) is -2.60. The summed E-state index contributed by atoms with van der Waals surface area (Å²) >= 11 is 0. The summed E-state index contributed by atoms with van der Waals surface area (Å²) in [5, 5.41) is 9.99. The van der Waals surface area contributed by atoms with Crippen molar-refractivity contribution in [2.75, 3.05) is 10.6 Å². The molecule has 4 N–H and O–H groups in total. The number of amides is 6. The number of hydrogen-bond acceptors (Lipinski definition) is 6. The highest BCUT2D eigenvalue weighted by atomic mass is 19.4. The number of carbonyl (C=O) groups is 5. The molecule has 2 aromatic rings. The second-order valence-electron chi connectivity index (χ2n) is 9.14. The van der Waals surface area contributed by atoms with Crippen LogP contribution in [0.15, 0.2) is 54.2 Å². The third-order valence-corrected chi connectivity index (χ3v) is 6.29. The van der Waals surface area contributed by atoms with E-state index in [-0.39, 0.29) is 29.8 Å². The Morgan fingerprint density at radius 1 is 1.08 bits per heavy atom. The second-order valence-corrected chi connectivity index (χ2v) is 9.14. The van der Waals surface area contributed by atoms with Gasteiger partial charge in [-0.2, -0.15) is 13.2 Å². The van der Waals surface area contributed by atoms with Gasteiger partial charge >= 0.3 is 12.2 Å². The highest BCUT2D eigenvalue weighted by molar-refractivity contribution is 6.20. The normalized spacial score (nSPS) is 18.4. The highest BCUT2D eigenvalue weighted by Crippen LogP contribution is 2.33. The van der Waals surface area contributed by atoms with E-state index in [0.29, 0.717) is 11.3 Å². The SMILES string of the molecule is Cc1ccc(NC(=O)NC(C)c2cccc(NC3=CC(=O)N(C4CCC(=O)NC4=O)C3=O)c2)cc1C(F)(F)F. The lowest BCUT2D eigenvalue weighted by Gasteiger charge is -2.28. The molecule has 0 saturated carbocycles. The van der Waals surface area contributed by atoms with Gasteiger partial charge < -0.3 is 16.0 Å². The van der Waals surface area contributed by atoms with Gasteiger partial charge in [-0.15, -0.1) is 0 Å². The maximum Gasteiger partial charge on any atom is 0.416 e. The van der Waals surface area contributed by atoms with Crippen LogP contribution in [0.3, 0.4) is 0 Å². The number of nitrogens with one attached hydrogen (secondary N) is 4. The number of urea groups is 1. The molecule has 2 atom stereocenters. The molecular weight excluding hydrogens is 519 g/mol. The third-order valence-electron chi connectivity index (χ3n) is 6.29. The van der Waals surface area contributed by atoms with Crippen LogP contribution in [0.4, 0.5) is 29.3 Å². The molecule has 10 nitrogen and oxygen atoms in total. The van der Waals surface area contributed by atoms with Crippen LogP contribution in [-0.4, -0.2) is 40.6 Å². The zero-order valence-electron chi connectivity index (χ0n) is 20.8. The minimum absolute atomic E-state index is 0.00411. The molecule has 0 spiro atoms. The summed E-state index contributed by atoms with van der Waals surface area (Å²) in [6, 6.07) is 7.65. The molecule has 6 amide bonds. The Morgan fingerprint density at radius 2 is 1.82 bits per heavy atom. The summed E-state index contributed by atoms with van der Waals surface area (Å²) in [4.78, 5) is 62.1. The van der Waals surface area contributed by atoms with Gasteiger partial charge in [0, 0.05) is 23.9 Å². The fourth-order valence-corrected chi connectivity index (χ4v) is 4.29. The highest BCUT2D eigenvalue weighted by Gasteiger charge is 2.42. The molecule has 4 rings (SSSR count). The summed E-state index contributed by atoms with van der Waals surface area (Å²) in [7, 11) is 0. The molecule has 2 aliphatic rings. The first-order valence-corrected chi connectivity index (χ1v) is 11.9. The molecule has 1 saturated heterocycles. The number of alkyl halides is 3. The number of halogens is 3. The molecule has 0 aromatic heterocycles. The van der Waals surface area contributed by atoms with Crippen molar-refractivity contribution >= 4 is 41.0 Å². The van der Waals surface area contributed by atoms with Crippen LogP contribution in [0.1, 0.15) is 42.5 Å². The van der Waals surface area contributed by atoms with E-state index in [9.17, 15) is 37.1 Å². The first-order chi connectivity index (χ1) is 18.3. The van der Waals surface area contributed by atoms with E-state index in [1.807, 2.05) is 0 Å². The molecule has 2 heterocycles. The van der Waals surface area contributed by atoms with Gasteiger partial charge in [0.1, 0.15) is 11.7 Å². The molecule has 0 radical (unpaired) electrons. The average molecular weight is 544 g/mol. The van der Waals surface area contributed by atoms with Gasteiger partial charge in [-0.05, 0) is 55.7 Å². The van der Waals surface area contributed by atoms with Crippen LogP contribution in [0.5, 0.6) is 0 Å². The van der Waals surface area contributed by atoms with Crippen molar-refractivity contribution < 1.29 is 37.1 Å². The van der Waals surface area contributed by atoms with Crippen LogP contribution in [0.25, 0.3) is 0 Å². The minimum Gasteiger partial charge on any atom is -0.351 e. The van der Waals surface area contributed by atoms with E-state index in [1.54, 1.807) is 31.2 Å². The number of piperidine rings is 1. The molecule has 2 aliphatic heterocycles. The Bertz CT molecular complexity index is 1400. The van der Waals surface area contributed by atoms with E-state index in [4.69, 9.17) is 0 Å². The van der Waals surface area contributed by atoms with Crippen molar-refractivity contribution in [2.24, 2.45) is 0 Å². The van der Waals surface area contributed by atoms with Gasteiger partial charge in [0.15, 0.2) is 0 Å². The Labute approximate surface area is 220 Å². The Hall–Kier alpha value is -4.68. The van der Waals surface area contributed by atoms with Crippen LogP contribution in [0.2, 0.25) is 0 Å². The van der Waals surface area contributed by atoms with Crippen molar-refractivity contribution in [1.29, 1.82) is 0 Å². The molecule has 204 valence electrons. The van der Waals surface area contributed by atoms with Gasteiger partial charge in [0.05, 0.1) is 11.6 Å². The third kappa shape index (κ3) is 6.08. The zero-order chi connectivity index (χ0) is 28.5. The fraction of sp³-hybridized carbons (Fsp3) is 0.269. The Morgan fingerprint density at radius 3 is 2.51 bits per heavy atom. The Kier molecular flexibility index (Phi) is 7.43. The number of hydrogen-bond donors (Lipinski definition) is 4. The van der Waals surface area contributed by atoms with E-state index < -0.39 is 53.5 Å². The van der Waals surface area contributed by atoms with Crippen molar-refractivity contribution in [3.8, 4) is 0 Å². The first kappa shape index (κ1) is 27.4. The zero-order valence-corrected chi connectivity index (χ0v) is 20.8. The van der Waals surface area contributed by atoms with E-state index in [0.717, 1.165) is 17.0 Å². The van der Waals surface area contributed by atoms with Crippen LogP contribution < -0.4 is 21.3 Å². The Balaban J connectivity index is 1.40. The molecule has 2 unspecified atom stereocenters. The standard InChI is InChI=1S/C26H24F3N5O5/c1-13-6-7-17(11-18(13)26(27,28)29)32-25(39)30-14(2)15-4-3-5-16(10-15)31-19-12-22(36)34(24(19)38)20-8-9-21(35)33-23(20)37/h3-7,10-12,14,20,31H,8-9H2,1-2H3,(H2,30,32,39)(H,33,35,37).